The molecule has 0 saturated heterocycles. The normalized spacial score (nSPS) is 15.0. The van der Waals surface area contributed by atoms with Gasteiger partial charge >= 0.3 is 0 Å². The Morgan fingerprint density at radius 2 is 2.40 bits per heavy atom. The first-order valence-electron chi connectivity index (χ1n) is 3.30. The van der Waals surface area contributed by atoms with Crippen LogP contribution < -0.4 is 11.3 Å². The molecule has 0 aliphatic heterocycles. The van der Waals surface area contributed by atoms with Crippen molar-refractivity contribution in [1.29, 1.82) is 0 Å². The zero-order valence-corrected chi connectivity index (χ0v) is 6.72. The first kappa shape index (κ1) is 9.39. The topological polar surface area (TPSA) is 59.6 Å². The molecule has 0 rings (SSSR count). The minimum Gasteiger partial charge on any atom is -0.374 e. The lowest BCUT2D eigenvalue weighted by atomic mass is 10.4. The van der Waals surface area contributed by atoms with Crippen molar-refractivity contribution in [2.24, 2.45) is 10.8 Å². The number of hydrazine groups is 1. The molecule has 0 spiro atoms. The summed E-state index contributed by atoms with van der Waals surface area (Å²) in [5.41, 5.74) is 2.48. The quantitative estimate of drug-likeness (QED) is 0.252. The monoisotopic (exact) mass is 145 g/mol. The first-order valence-corrected chi connectivity index (χ1v) is 3.30. The van der Waals surface area contributed by atoms with Crippen LogP contribution in [0.15, 0.2) is 4.99 Å². The van der Waals surface area contributed by atoms with Gasteiger partial charge in [0.15, 0.2) is 0 Å². The van der Waals surface area contributed by atoms with Gasteiger partial charge in [-0.3, -0.25) is 4.99 Å². The highest BCUT2D eigenvalue weighted by atomic mass is 16.5. The molecule has 0 aliphatic rings. The third-order valence-corrected chi connectivity index (χ3v) is 1.21. The van der Waals surface area contributed by atoms with Gasteiger partial charge in [-0.1, -0.05) is 0 Å². The molecule has 10 heavy (non-hydrogen) atoms. The summed E-state index contributed by atoms with van der Waals surface area (Å²) < 4.78 is 4.98. The Hall–Kier alpha value is -0.610. The Kier molecular flexibility index (Phi) is 4.88. The van der Waals surface area contributed by atoms with E-state index in [2.05, 4.69) is 10.4 Å². The van der Waals surface area contributed by atoms with Gasteiger partial charge in [-0.2, -0.15) is 0 Å². The van der Waals surface area contributed by atoms with Crippen LogP contribution in [0.1, 0.15) is 13.8 Å². The molecule has 0 aliphatic carbocycles. The average molecular weight is 145 g/mol. The highest BCUT2D eigenvalue weighted by molar-refractivity contribution is 5.85. The molecule has 1 atom stereocenters. The molecule has 0 amide bonds. The van der Waals surface area contributed by atoms with E-state index in [0.717, 1.165) is 0 Å². The van der Waals surface area contributed by atoms with E-state index in [4.69, 9.17) is 10.6 Å². The fourth-order valence-electron chi connectivity index (χ4n) is 0.574. The van der Waals surface area contributed by atoms with Gasteiger partial charge in [0.1, 0.15) is 11.9 Å². The van der Waals surface area contributed by atoms with Crippen LogP contribution in [0.2, 0.25) is 0 Å². The van der Waals surface area contributed by atoms with E-state index in [-0.39, 0.29) is 6.10 Å². The van der Waals surface area contributed by atoms with Gasteiger partial charge in [-0.25, -0.2) is 5.84 Å². The molecule has 0 radical (unpaired) electrons. The van der Waals surface area contributed by atoms with Crippen LogP contribution in [0.3, 0.4) is 0 Å². The maximum Gasteiger partial charge on any atom is 0.140 e. The van der Waals surface area contributed by atoms with Crippen molar-refractivity contribution in [2.45, 2.75) is 20.0 Å². The van der Waals surface area contributed by atoms with E-state index in [9.17, 15) is 0 Å². The molecule has 3 N–H and O–H groups in total. The minimum atomic E-state index is -0.0510. The fourth-order valence-corrected chi connectivity index (χ4v) is 0.574. The number of aliphatic imine (C=N–C) groups is 1. The zero-order valence-electron chi connectivity index (χ0n) is 6.72. The van der Waals surface area contributed by atoms with Crippen molar-refractivity contribution in [3.05, 3.63) is 0 Å². The maximum atomic E-state index is 5.17. The number of hydrogen-bond donors (Lipinski definition) is 2. The predicted octanol–water partition coefficient (Wildman–Crippen LogP) is -0.0970. The number of nitrogens with one attached hydrogen (secondary N) is 1. The summed E-state index contributed by atoms with van der Waals surface area (Å²) in [6.07, 6.45) is -0.0510. The summed E-state index contributed by atoms with van der Waals surface area (Å²) in [4.78, 5) is 4.07. The van der Waals surface area contributed by atoms with Crippen molar-refractivity contribution in [3.63, 3.8) is 0 Å². The number of nitrogens with zero attached hydrogens (tertiary/aromatic N) is 1. The van der Waals surface area contributed by atoms with Crippen molar-refractivity contribution < 1.29 is 4.74 Å². The van der Waals surface area contributed by atoms with E-state index < -0.39 is 0 Å². The second-order valence-electron chi connectivity index (χ2n) is 1.88. The summed E-state index contributed by atoms with van der Waals surface area (Å²) in [6.45, 7) is 4.54. The van der Waals surface area contributed by atoms with E-state index in [1.165, 1.54) is 0 Å². The number of rotatable bonds is 3. The van der Waals surface area contributed by atoms with Gasteiger partial charge in [0.2, 0.25) is 0 Å². The molecule has 0 aromatic heterocycles. The molecule has 4 heteroatoms. The number of nitrogens with two attached hydrogens (primary N) is 1. The number of hydrogen-bond acceptors (Lipinski definition) is 3. The standard InChI is InChI=1S/C6H15N3O/c1-4-8-6(9-7)5(2)10-3/h5H,4,7H2,1-3H3,(H,8,9). The SMILES string of the molecule is CCN=C(NN)C(C)OC. The molecular formula is C6H15N3O. The molecule has 0 bridgehead atoms. The van der Waals surface area contributed by atoms with Crippen LogP contribution in [-0.2, 0) is 4.74 Å². The summed E-state index contributed by atoms with van der Waals surface area (Å²) in [5, 5.41) is 0. The highest BCUT2D eigenvalue weighted by Gasteiger charge is 2.05. The second-order valence-corrected chi connectivity index (χ2v) is 1.88. The third-order valence-electron chi connectivity index (χ3n) is 1.21. The molecule has 0 saturated carbocycles. The maximum absolute atomic E-state index is 5.17. The molecule has 60 valence electrons. The van der Waals surface area contributed by atoms with Crippen LogP contribution >= 0.6 is 0 Å². The van der Waals surface area contributed by atoms with Crippen LogP contribution in [0.25, 0.3) is 0 Å². The Bertz CT molecular complexity index is 114. The van der Waals surface area contributed by atoms with Crippen molar-refractivity contribution in [1.82, 2.24) is 5.43 Å². The lowest BCUT2D eigenvalue weighted by Crippen LogP contribution is -2.39. The Morgan fingerprint density at radius 3 is 2.70 bits per heavy atom. The Morgan fingerprint density at radius 1 is 1.80 bits per heavy atom. The van der Waals surface area contributed by atoms with Crippen LogP contribution in [0, 0.1) is 0 Å². The smallest absolute Gasteiger partial charge is 0.140 e. The second kappa shape index (κ2) is 5.20. The van der Waals surface area contributed by atoms with Crippen molar-refractivity contribution in [2.75, 3.05) is 13.7 Å². The van der Waals surface area contributed by atoms with Gasteiger partial charge in [-0.05, 0) is 13.8 Å². The van der Waals surface area contributed by atoms with Gasteiger partial charge < -0.3 is 10.2 Å². The van der Waals surface area contributed by atoms with E-state index in [0.29, 0.717) is 12.4 Å². The molecule has 0 aromatic rings. The highest BCUT2D eigenvalue weighted by Crippen LogP contribution is 1.88. The largest absolute Gasteiger partial charge is 0.374 e. The van der Waals surface area contributed by atoms with Gasteiger partial charge in [-0.15, -0.1) is 0 Å². The predicted molar refractivity (Wildman–Crippen MR) is 41.8 cm³/mol. The summed E-state index contributed by atoms with van der Waals surface area (Å²) in [5.74, 6) is 5.86. The summed E-state index contributed by atoms with van der Waals surface area (Å²) in [7, 11) is 1.62. The molecule has 0 heterocycles. The molecule has 0 fully saturated rings. The average Bonchev–Trinajstić information content (AvgIpc) is 1.99. The molecule has 0 aromatic carbocycles. The molecular weight excluding hydrogens is 130 g/mol. The van der Waals surface area contributed by atoms with Crippen molar-refractivity contribution >= 4 is 5.84 Å². The Balaban J connectivity index is 3.92. The van der Waals surface area contributed by atoms with Crippen molar-refractivity contribution in [3.8, 4) is 0 Å². The van der Waals surface area contributed by atoms with Crippen LogP contribution in [0.5, 0.6) is 0 Å². The summed E-state index contributed by atoms with van der Waals surface area (Å²) in [6, 6.07) is 0. The van der Waals surface area contributed by atoms with Crippen LogP contribution in [-0.4, -0.2) is 25.6 Å². The number of methoxy groups -OCH3 is 1. The lowest BCUT2D eigenvalue weighted by Gasteiger charge is -2.11. The first-order chi connectivity index (χ1) is 4.76. The van der Waals surface area contributed by atoms with Gasteiger partial charge in [0.05, 0.1) is 0 Å². The lowest BCUT2D eigenvalue weighted by molar-refractivity contribution is 0.167. The van der Waals surface area contributed by atoms with E-state index >= 15 is 0 Å². The minimum absolute atomic E-state index is 0.0510. The Labute approximate surface area is 61.4 Å². The van der Waals surface area contributed by atoms with E-state index in [1.54, 1.807) is 7.11 Å². The van der Waals surface area contributed by atoms with Gasteiger partial charge in [0, 0.05) is 13.7 Å². The van der Waals surface area contributed by atoms with Gasteiger partial charge in [0.25, 0.3) is 0 Å². The zero-order chi connectivity index (χ0) is 7.98. The van der Waals surface area contributed by atoms with Crippen LogP contribution in [0.4, 0.5) is 0 Å². The van der Waals surface area contributed by atoms with E-state index in [1.807, 2.05) is 13.8 Å². The molecule has 4 nitrogen and oxygen atoms in total. The number of ether oxygens (including phenoxy) is 1. The fraction of sp³-hybridized carbons (Fsp3) is 0.833. The summed E-state index contributed by atoms with van der Waals surface area (Å²) >= 11 is 0. The third kappa shape index (κ3) is 2.80. The molecule has 1 unspecified atom stereocenters. The number of amidine groups is 1.